The first-order valence-electron chi connectivity index (χ1n) is 11.9. The van der Waals surface area contributed by atoms with Crippen molar-refractivity contribution in [3.63, 3.8) is 0 Å². The highest BCUT2D eigenvalue weighted by atomic mass is 32.1. The van der Waals surface area contributed by atoms with Gasteiger partial charge in [0.2, 0.25) is 10.9 Å². The second-order valence-corrected chi connectivity index (χ2v) is 11.7. The molecule has 2 aromatic carbocycles. The minimum atomic E-state index is -0.632. The van der Waals surface area contributed by atoms with E-state index >= 15 is 0 Å². The molecule has 5 rings (SSSR count). The van der Waals surface area contributed by atoms with Gasteiger partial charge in [0.05, 0.1) is 17.0 Å². The van der Waals surface area contributed by atoms with Crippen molar-refractivity contribution >= 4 is 33.3 Å². The first kappa shape index (κ1) is 23.4. The summed E-state index contributed by atoms with van der Waals surface area (Å²) in [6.07, 6.45) is 0.776. The molecule has 0 radical (unpaired) electrons. The monoisotopic (exact) mass is 487 g/mol. The quantitative estimate of drug-likeness (QED) is 0.343. The van der Waals surface area contributed by atoms with Crippen LogP contribution in [0.5, 0.6) is 0 Å². The van der Waals surface area contributed by atoms with Crippen molar-refractivity contribution in [3.05, 3.63) is 85.7 Å². The van der Waals surface area contributed by atoms with Crippen LogP contribution >= 0.6 is 11.3 Å². The lowest BCUT2D eigenvalue weighted by atomic mass is 9.86. The van der Waals surface area contributed by atoms with E-state index in [1.807, 2.05) is 31.2 Å². The largest absolute Gasteiger partial charge is 0.450 e. The summed E-state index contributed by atoms with van der Waals surface area (Å²) < 4.78 is 6.07. The average molecular weight is 488 g/mol. The zero-order valence-corrected chi connectivity index (χ0v) is 21.7. The Labute approximate surface area is 208 Å². The lowest BCUT2D eigenvalue weighted by molar-refractivity contribution is 0.0970. The first-order chi connectivity index (χ1) is 16.5. The van der Waals surface area contributed by atoms with Gasteiger partial charge in [-0.25, -0.2) is 0 Å². The fourth-order valence-corrected chi connectivity index (χ4v) is 5.62. The van der Waals surface area contributed by atoms with Gasteiger partial charge in [-0.3, -0.25) is 14.5 Å². The number of amides is 1. The number of benzene rings is 2. The molecule has 3 heterocycles. The molecule has 0 saturated carbocycles. The Kier molecular flexibility index (Phi) is 5.63. The van der Waals surface area contributed by atoms with Crippen molar-refractivity contribution < 1.29 is 9.21 Å². The van der Waals surface area contributed by atoms with Crippen molar-refractivity contribution in [1.82, 2.24) is 10.2 Å². The van der Waals surface area contributed by atoms with Crippen LogP contribution in [0.2, 0.25) is 0 Å². The fourth-order valence-electron chi connectivity index (χ4n) is 4.54. The van der Waals surface area contributed by atoms with Crippen molar-refractivity contribution in [3.8, 4) is 0 Å². The van der Waals surface area contributed by atoms with Gasteiger partial charge in [-0.05, 0) is 41.5 Å². The zero-order chi connectivity index (χ0) is 25.1. The number of hydrogen-bond donors (Lipinski definition) is 0. The number of aromatic nitrogens is 2. The summed E-state index contributed by atoms with van der Waals surface area (Å²) >= 11 is 1.39. The highest BCUT2D eigenvalue weighted by Crippen LogP contribution is 2.42. The summed E-state index contributed by atoms with van der Waals surface area (Å²) in [6, 6.07) is 12.9. The molecule has 0 saturated heterocycles. The minimum Gasteiger partial charge on any atom is -0.450 e. The SMILES string of the molecule is Cc1ccc2oc3c(c(=O)c2c1)[C@@H](c1ccc(C(C)(C)C)cc1)N(c1nnc(CC(C)C)s1)C3=O. The van der Waals surface area contributed by atoms with Crippen molar-refractivity contribution in [1.29, 1.82) is 0 Å². The standard InChI is InChI=1S/C28H29N3O3S/c1-15(2)13-21-29-30-27(35-21)31-23(17-8-10-18(11-9-17)28(4,5)6)22-24(32)19-14-16(3)7-12-20(19)34-25(22)26(31)33/h7-12,14-15,23H,13H2,1-6H3/t23-/m1/s1. The van der Waals surface area contributed by atoms with Gasteiger partial charge in [0.15, 0.2) is 5.43 Å². The van der Waals surface area contributed by atoms with E-state index in [4.69, 9.17) is 4.42 Å². The molecular weight excluding hydrogens is 458 g/mol. The van der Waals surface area contributed by atoms with E-state index in [-0.39, 0.29) is 22.5 Å². The molecular formula is C28H29N3O3S. The van der Waals surface area contributed by atoms with Crippen LogP contribution in [-0.2, 0) is 11.8 Å². The van der Waals surface area contributed by atoms with E-state index in [2.05, 4.69) is 56.9 Å². The van der Waals surface area contributed by atoms with Crippen LogP contribution in [-0.4, -0.2) is 16.1 Å². The summed E-state index contributed by atoms with van der Waals surface area (Å²) in [4.78, 5) is 29.1. The van der Waals surface area contributed by atoms with Gasteiger partial charge in [-0.15, -0.1) is 10.2 Å². The molecule has 6 nitrogen and oxygen atoms in total. The summed E-state index contributed by atoms with van der Waals surface area (Å²) in [5.41, 5.74) is 3.54. The fraction of sp³-hybridized carbons (Fsp3) is 0.357. The van der Waals surface area contributed by atoms with Crippen LogP contribution < -0.4 is 10.3 Å². The van der Waals surface area contributed by atoms with E-state index in [0.29, 0.717) is 27.6 Å². The second kappa shape index (κ2) is 8.41. The molecule has 1 amide bonds. The molecule has 1 aliphatic heterocycles. The number of carbonyl (C=O) groups is 1. The molecule has 0 N–H and O–H groups in total. The normalized spacial score (nSPS) is 15.9. The van der Waals surface area contributed by atoms with Gasteiger partial charge in [0, 0.05) is 6.42 Å². The van der Waals surface area contributed by atoms with Crippen LogP contribution in [0.25, 0.3) is 11.0 Å². The third kappa shape index (κ3) is 4.08. The Morgan fingerprint density at radius 2 is 1.77 bits per heavy atom. The smallest absolute Gasteiger partial charge is 0.297 e. The maximum Gasteiger partial charge on any atom is 0.297 e. The molecule has 1 aliphatic rings. The Morgan fingerprint density at radius 1 is 1.06 bits per heavy atom. The predicted octanol–water partition coefficient (Wildman–Crippen LogP) is 6.20. The molecule has 0 bridgehead atoms. The molecule has 0 aliphatic carbocycles. The lowest BCUT2D eigenvalue weighted by Crippen LogP contribution is -2.29. The Bertz CT molecular complexity index is 1490. The Hall–Kier alpha value is -3.32. The molecule has 4 aromatic rings. The third-order valence-electron chi connectivity index (χ3n) is 6.36. The third-order valence-corrected chi connectivity index (χ3v) is 7.31. The maximum atomic E-state index is 13.8. The van der Waals surface area contributed by atoms with Crippen LogP contribution in [0.1, 0.15) is 78.5 Å². The number of fused-ring (bicyclic) bond motifs is 2. The van der Waals surface area contributed by atoms with Gasteiger partial charge in [-0.1, -0.05) is 81.9 Å². The summed E-state index contributed by atoms with van der Waals surface area (Å²) in [6.45, 7) is 12.6. The van der Waals surface area contributed by atoms with Gasteiger partial charge >= 0.3 is 0 Å². The molecule has 0 spiro atoms. The molecule has 0 unspecified atom stereocenters. The van der Waals surface area contributed by atoms with Crippen LogP contribution in [0.15, 0.2) is 51.7 Å². The van der Waals surface area contributed by atoms with Gasteiger partial charge in [-0.2, -0.15) is 0 Å². The number of carbonyl (C=O) groups excluding carboxylic acids is 1. The van der Waals surface area contributed by atoms with E-state index in [0.717, 1.165) is 22.6 Å². The number of rotatable bonds is 4. The van der Waals surface area contributed by atoms with E-state index in [1.54, 1.807) is 11.0 Å². The van der Waals surface area contributed by atoms with E-state index in [1.165, 1.54) is 16.9 Å². The van der Waals surface area contributed by atoms with Crippen LogP contribution in [0.3, 0.4) is 0 Å². The van der Waals surface area contributed by atoms with Gasteiger partial charge in [0.1, 0.15) is 10.6 Å². The van der Waals surface area contributed by atoms with E-state index < -0.39 is 6.04 Å². The predicted molar refractivity (Wildman–Crippen MR) is 139 cm³/mol. The maximum absolute atomic E-state index is 13.8. The molecule has 35 heavy (non-hydrogen) atoms. The van der Waals surface area contributed by atoms with Crippen molar-refractivity contribution in [2.45, 2.75) is 59.4 Å². The van der Waals surface area contributed by atoms with Crippen molar-refractivity contribution in [2.24, 2.45) is 5.92 Å². The topological polar surface area (TPSA) is 76.3 Å². The summed E-state index contributed by atoms with van der Waals surface area (Å²) in [5, 5.41) is 10.5. The van der Waals surface area contributed by atoms with Crippen LogP contribution in [0.4, 0.5) is 5.13 Å². The van der Waals surface area contributed by atoms with E-state index in [9.17, 15) is 9.59 Å². The number of hydrogen-bond acceptors (Lipinski definition) is 6. The number of aryl methyl sites for hydroxylation is 1. The summed E-state index contributed by atoms with van der Waals surface area (Å²) in [5.74, 6) is 0.133. The summed E-state index contributed by atoms with van der Waals surface area (Å²) in [7, 11) is 0. The first-order valence-corrected chi connectivity index (χ1v) is 12.7. The molecule has 0 fully saturated rings. The van der Waals surface area contributed by atoms with Crippen LogP contribution in [0, 0.1) is 12.8 Å². The highest BCUT2D eigenvalue weighted by Gasteiger charge is 2.45. The molecule has 180 valence electrons. The Balaban J connectivity index is 1.72. The Morgan fingerprint density at radius 3 is 2.43 bits per heavy atom. The molecule has 7 heteroatoms. The number of anilines is 1. The minimum absolute atomic E-state index is 0.0145. The van der Waals surface area contributed by atoms with Gasteiger partial charge < -0.3 is 4.42 Å². The lowest BCUT2D eigenvalue weighted by Gasteiger charge is -2.24. The zero-order valence-electron chi connectivity index (χ0n) is 20.9. The van der Waals surface area contributed by atoms with Crippen molar-refractivity contribution in [2.75, 3.05) is 4.90 Å². The number of nitrogens with zero attached hydrogens (tertiary/aromatic N) is 3. The van der Waals surface area contributed by atoms with Gasteiger partial charge in [0.25, 0.3) is 5.91 Å². The second-order valence-electron chi connectivity index (χ2n) is 10.7. The molecule has 2 aromatic heterocycles. The highest BCUT2D eigenvalue weighted by molar-refractivity contribution is 7.15. The molecule has 1 atom stereocenters. The average Bonchev–Trinajstić information content (AvgIpc) is 3.35.